The van der Waals surface area contributed by atoms with E-state index in [0.29, 0.717) is 6.61 Å². The molecule has 0 atom stereocenters. The number of hydrogen-bond donors (Lipinski definition) is 1. The van der Waals surface area contributed by atoms with Gasteiger partial charge in [-0.2, -0.15) is 0 Å². The first-order chi connectivity index (χ1) is 11.8. The Kier molecular flexibility index (Phi) is 5.33. The van der Waals surface area contributed by atoms with Crippen LogP contribution in [0, 0.1) is 0 Å². The van der Waals surface area contributed by atoms with Crippen LogP contribution in [0.5, 0.6) is 5.75 Å². The average Bonchev–Trinajstić information content (AvgIpc) is 3.02. The van der Waals surface area contributed by atoms with E-state index in [1.165, 1.54) is 23.2 Å². The summed E-state index contributed by atoms with van der Waals surface area (Å²) < 4.78 is 12.8. The quantitative estimate of drug-likeness (QED) is 0.645. The van der Waals surface area contributed by atoms with Gasteiger partial charge in [0, 0.05) is 24.3 Å². The highest BCUT2D eigenvalue weighted by atomic mass is 16.5. The molecule has 0 unspecified atom stereocenters. The van der Waals surface area contributed by atoms with Crippen LogP contribution in [-0.2, 0) is 13.2 Å². The molecule has 5 nitrogen and oxygen atoms in total. The maximum absolute atomic E-state index is 11.7. The number of nitrogens with zero attached hydrogens (tertiary/aromatic N) is 1. The molecule has 0 saturated heterocycles. The highest BCUT2D eigenvalue weighted by Gasteiger charge is 2.04. The Morgan fingerprint density at radius 2 is 2.00 bits per heavy atom. The number of ether oxygens (including phenoxy) is 1. The highest BCUT2D eigenvalue weighted by molar-refractivity contribution is 5.79. The van der Waals surface area contributed by atoms with E-state index in [1.807, 2.05) is 6.07 Å². The molecule has 1 aromatic carbocycles. The fourth-order valence-corrected chi connectivity index (χ4v) is 2.71. The summed E-state index contributed by atoms with van der Waals surface area (Å²) in [6, 6.07) is 11.7. The first kappa shape index (κ1) is 16.3. The predicted octanol–water partition coefficient (Wildman–Crippen LogP) is 3.34. The van der Waals surface area contributed by atoms with E-state index in [0.717, 1.165) is 25.8 Å². The first-order valence-corrected chi connectivity index (χ1v) is 8.17. The second-order valence-corrected chi connectivity index (χ2v) is 5.71. The largest absolute Gasteiger partial charge is 0.487 e. The summed E-state index contributed by atoms with van der Waals surface area (Å²) in [7, 11) is 0. The minimum Gasteiger partial charge on any atom is -0.487 e. The number of rotatable bonds is 8. The van der Waals surface area contributed by atoms with Crippen molar-refractivity contribution in [1.29, 1.82) is 0 Å². The Hall–Kier alpha value is -2.53. The molecule has 5 heteroatoms. The Morgan fingerprint density at radius 1 is 1.12 bits per heavy atom. The summed E-state index contributed by atoms with van der Waals surface area (Å²) in [5, 5.41) is 10.2. The lowest BCUT2D eigenvalue weighted by atomic mass is 10.2. The molecule has 1 N–H and O–H groups in total. The zero-order chi connectivity index (χ0) is 16.8. The van der Waals surface area contributed by atoms with Crippen LogP contribution in [0.3, 0.4) is 0 Å². The van der Waals surface area contributed by atoms with Crippen LogP contribution < -0.4 is 10.2 Å². The topological polar surface area (TPSA) is 64.6 Å². The van der Waals surface area contributed by atoms with E-state index in [-0.39, 0.29) is 23.5 Å². The van der Waals surface area contributed by atoms with Crippen molar-refractivity contribution in [3.63, 3.8) is 0 Å². The van der Waals surface area contributed by atoms with E-state index < -0.39 is 0 Å². The monoisotopic (exact) mass is 327 g/mol. The number of aliphatic hydroxyl groups excluding tert-OH is 1. The molecule has 0 aliphatic rings. The fourth-order valence-electron chi connectivity index (χ4n) is 2.71. The van der Waals surface area contributed by atoms with Crippen LogP contribution in [0.15, 0.2) is 58.1 Å². The Bertz CT molecular complexity index is 850. The van der Waals surface area contributed by atoms with Gasteiger partial charge in [-0.15, -0.1) is 0 Å². The maximum atomic E-state index is 11.7. The molecule has 0 spiro atoms. The Balaban J connectivity index is 1.41. The minimum absolute atomic E-state index is 0.198. The molecule has 0 bridgehead atoms. The van der Waals surface area contributed by atoms with Crippen molar-refractivity contribution in [1.82, 2.24) is 4.57 Å². The standard InChI is InChI=1S/C19H21NO4/c21-13-16-12-18(22)19(14-24-16)23-11-5-1-4-9-20-10-8-15-6-2-3-7-17(15)20/h2-3,6-8,10,12,14,21H,1,4-5,9,11,13H2. The molecule has 126 valence electrons. The van der Waals surface area contributed by atoms with Crippen molar-refractivity contribution in [3.8, 4) is 5.75 Å². The number of benzene rings is 1. The van der Waals surface area contributed by atoms with Crippen LogP contribution >= 0.6 is 0 Å². The van der Waals surface area contributed by atoms with E-state index in [9.17, 15) is 4.79 Å². The summed E-state index contributed by atoms with van der Waals surface area (Å²) in [5.74, 6) is 0.440. The molecular weight excluding hydrogens is 306 g/mol. The van der Waals surface area contributed by atoms with Gasteiger partial charge in [-0.25, -0.2) is 0 Å². The van der Waals surface area contributed by atoms with Crippen LogP contribution in [0.25, 0.3) is 10.9 Å². The number of fused-ring (bicyclic) bond motifs is 1. The Morgan fingerprint density at radius 3 is 2.83 bits per heavy atom. The number of para-hydroxylation sites is 1. The number of hydrogen-bond acceptors (Lipinski definition) is 4. The number of aromatic nitrogens is 1. The van der Waals surface area contributed by atoms with Gasteiger partial charge in [-0.05, 0) is 36.8 Å². The third-order valence-electron chi connectivity index (χ3n) is 3.99. The number of aryl methyl sites for hydroxylation is 1. The molecule has 0 fully saturated rings. The van der Waals surface area contributed by atoms with Crippen molar-refractivity contribution in [2.75, 3.05) is 6.61 Å². The number of aliphatic hydroxyl groups is 1. The van der Waals surface area contributed by atoms with Gasteiger partial charge in [-0.3, -0.25) is 4.79 Å². The third-order valence-corrected chi connectivity index (χ3v) is 3.99. The van der Waals surface area contributed by atoms with Gasteiger partial charge in [0.2, 0.25) is 11.2 Å². The SMILES string of the molecule is O=c1cc(CO)occ1OCCCCCn1ccc2ccccc21. The summed E-state index contributed by atoms with van der Waals surface area (Å²) in [5.41, 5.74) is 0.999. The van der Waals surface area contributed by atoms with Crippen molar-refractivity contribution in [2.24, 2.45) is 0 Å². The summed E-state index contributed by atoms with van der Waals surface area (Å²) in [4.78, 5) is 11.7. The van der Waals surface area contributed by atoms with Crippen LogP contribution in [0.4, 0.5) is 0 Å². The number of unbranched alkanes of at least 4 members (excludes halogenated alkanes) is 2. The van der Waals surface area contributed by atoms with E-state index in [4.69, 9.17) is 14.3 Å². The smallest absolute Gasteiger partial charge is 0.227 e. The summed E-state index contributed by atoms with van der Waals surface area (Å²) in [6.45, 7) is 1.17. The second kappa shape index (κ2) is 7.84. The maximum Gasteiger partial charge on any atom is 0.227 e. The van der Waals surface area contributed by atoms with Crippen LogP contribution in [0.1, 0.15) is 25.0 Å². The van der Waals surface area contributed by atoms with Gasteiger partial charge < -0.3 is 18.8 Å². The fraction of sp³-hybridized carbons (Fsp3) is 0.316. The van der Waals surface area contributed by atoms with E-state index in [1.54, 1.807) is 0 Å². The van der Waals surface area contributed by atoms with Gasteiger partial charge in [-0.1, -0.05) is 18.2 Å². The average molecular weight is 327 g/mol. The molecular formula is C19H21NO4. The van der Waals surface area contributed by atoms with E-state index >= 15 is 0 Å². The van der Waals surface area contributed by atoms with Crippen LogP contribution in [-0.4, -0.2) is 16.3 Å². The molecule has 3 rings (SSSR count). The minimum atomic E-state index is -0.288. The van der Waals surface area contributed by atoms with Gasteiger partial charge in [0.1, 0.15) is 18.6 Å². The lowest BCUT2D eigenvalue weighted by molar-refractivity contribution is 0.236. The molecule has 2 aromatic heterocycles. The summed E-state index contributed by atoms with van der Waals surface area (Å²) in [6.07, 6.45) is 6.34. The lowest BCUT2D eigenvalue weighted by Gasteiger charge is -2.07. The zero-order valence-electron chi connectivity index (χ0n) is 13.5. The predicted molar refractivity (Wildman–Crippen MR) is 92.2 cm³/mol. The Labute approximate surface area is 140 Å². The van der Waals surface area contributed by atoms with Gasteiger partial charge in [0.15, 0.2) is 0 Å². The molecule has 0 saturated carbocycles. The van der Waals surface area contributed by atoms with Gasteiger partial charge in [0.05, 0.1) is 6.61 Å². The van der Waals surface area contributed by atoms with Crippen molar-refractivity contribution >= 4 is 10.9 Å². The van der Waals surface area contributed by atoms with Crippen LogP contribution in [0.2, 0.25) is 0 Å². The first-order valence-electron chi connectivity index (χ1n) is 8.17. The molecule has 0 aliphatic heterocycles. The molecule has 0 radical (unpaired) electrons. The van der Waals surface area contributed by atoms with Gasteiger partial charge >= 0.3 is 0 Å². The molecule has 0 amide bonds. The van der Waals surface area contributed by atoms with Gasteiger partial charge in [0.25, 0.3) is 0 Å². The molecule has 24 heavy (non-hydrogen) atoms. The molecule has 3 aromatic rings. The molecule has 0 aliphatic carbocycles. The lowest BCUT2D eigenvalue weighted by Crippen LogP contribution is -2.09. The zero-order valence-corrected chi connectivity index (χ0v) is 13.5. The van der Waals surface area contributed by atoms with Crippen molar-refractivity contribution in [2.45, 2.75) is 32.4 Å². The summed E-state index contributed by atoms with van der Waals surface area (Å²) >= 11 is 0. The van der Waals surface area contributed by atoms with E-state index in [2.05, 4.69) is 35.0 Å². The van der Waals surface area contributed by atoms with Crippen molar-refractivity contribution < 1.29 is 14.3 Å². The third kappa shape index (κ3) is 3.86. The normalized spacial score (nSPS) is 11.0. The second-order valence-electron chi connectivity index (χ2n) is 5.71. The highest BCUT2D eigenvalue weighted by Crippen LogP contribution is 2.16. The molecule has 2 heterocycles. The van der Waals surface area contributed by atoms with Crippen molar-refractivity contribution in [3.05, 3.63) is 64.8 Å².